The summed E-state index contributed by atoms with van der Waals surface area (Å²) in [5.41, 5.74) is 0.662. The summed E-state index contributed by atoms with van der Waals surface area (Å²) in [5, 5.41) is 5.64. The third-order valence-electron chi connectivity index (χ3n) is 2.53. The summed E-state index contributed by atoms with van der Waals surface area (Å²) >= 11 is 7.23. The Morgan fingerprint density at radius 1 is 1.50 bits per heavy atom. The molecule has 0 aliphatic carbocycles. The van der Waals surface area contributed by atoms with Gasteiger partial charge in [-0.1, -0.05) is 11.6 Å². The number of carbonyl (C=O) groups is 1. The van der Waals surface area contributed by atoms with E-state index in [-0.39, 0.29) is 12.1 Å². The number of benzene rings is 1. The Balaban J connectivity index is 2.02. The van der Waals surface area contributed by atoms with Crippen molar-refractivity contribution in [3.63, 3.8) is 0 Å². The molecule has 0 radical (unpaired) electrons. The van der Waals surface area contributed by atoms with E-state index in [1.54, 1.807) is 0 Å². The lowest BCUT2D eigenvalue weighted by molar-refractivity contribution is 0.0946. The SMILES string of the molecule is CN(C)c1nc(CNC(=O)c2cc(Cl)ccc2F)cs1. The van der Waals surface area contributed by atoms with Gasteiger partial charge in [0.25, 0.3) is 5.91 Å². The number of hydrogen-bond acceptors (Lipinski definition) is 4. The molecule has 1 heterocycles. The molecule has 2 rings (SSSR count). The van der Waals surface area contributed by atoms with Gasteiger partial charge in [-0.3, -0.25) is 4.79 Å². The van der Waals surface area contributed by atoms with Crippen LogP contribution in [0, 0.1) is 5.82 Å². The number of rotatable bonds is 4. The van der Waals surface area contributed by atoms with Gasteiger partial charge in [-0.2, -0.15) is 0 Å². The zero-order chi connectivity index (χ0) is 14.7. The molecule has 1 aromatic carbocycles. The molecule has 0 bridgehead atoms. The van der Waals surface area contributed by atoms with Gasteiger partial charge < -0.3 is 10.2 Å². The number of halogens is 2. The second kappa shape index (κ2) is 6.19. The molecule has 2 aromatic rings. The Bertz CT molecular complexity index is 630. The number of carbonyl (C=O) groups excluding carboxylic acids is 1. The number of hydrogen-bond donors (Lipinski definition) is 1. The molecule has 0 saturated carbocycles. The van der Waals surface area contributed by atoms with Crippen molar-refractivity contribution in [3.8, 4) is 0 Å². The minimum absolute atomic E-state index is 0.0689. The van der Waals surface area contributed by atoms with Crippen LogP contribution >= 0.6 is 22.9 Å². The van der Waals surface area contributed by atoms with E-state index in [1.807, 2.05) is 24.4 Å². The summed E-state index contributed by atoms with van der Waals surface area (Å²) in [6.07, 6.45) is 0. The zero-order valence-corrected chi connectivity index (χ0v) is 12.6. The molecule has 1 N–H and O–H groups in total. The van der Waals surface area contributed by atoms with Crippen LogP contribution in [0.2, 0.25) is 5.02 Å². The second-order valence-electron chi connectivity index (χ2n) is 4.32. The summed E-state index contributed by atoms with van der Waals surface area (Å²) in [6.45, 7) is 0.245. The molecule has 106 valence electrons. The molecule has 1 aromatic heterocycles. The number of nitrogens with one attached hydrogen (secondary N) is 1. The van der Waals surface area contributed by atoms with Crippen LogP contribution in [0.4, 0.5) is 9.52 Å². The van der Waals surface area contributed by atoms with Crippen molar-refractivity contribution in [3.05, 3.63) is 45.7 Å². The molecule has 0 aliphatic rings. The fourth-order valence-electron chi connectivity index (χ4n) is 1.52. The predicted molar refractivity (Wildman–Crippen MR) is 79.0 cm³/mol. The van der Waals surface area contributed by atoms with Crippen molar-refractivity contribution >= 4 is 34.0 Å². The van der Waals surface area contributed by atoms with E-state index in [2.05, 4.69) is 10.3 Å². The Morgan fingerprint density at radius 2 is 2.25 bits per heavy atom. The molecule has 1 amide bonds. The molecule has 0 saturated heterocycles. The summed E-state index contributed by atoms with van der Waals surface area (Å²) in [4.78, 5) is 18.1. The van der Waals surface area contributed by atoms with E-state index >= 15 is 0 Å². The van der Waals surface area contributed by atoms with Gasteiger partial charge in [0.2, 0.25) is 0 Å². The molecule has 20 heavy (non-hydrogen) atoms. The van der Waals surface area contributed by atoms with Crippen molar-refractivity contribution in [2.75, 3.05) is 19.0 Å². The number of amides is 1. The first kappa shape index (κ1) is 14.7. The van der Waals surface area contributed by atoms with E-state index < -0.39 is 11.7 Å². The molecule has 0 spiro atoms. The predicted octanol–water partition coefficient (Wildman–Crippen LogP) is 2.93. The van der Waals surface area contributed by atoms with Crippen LogP contribution < -0.4 is 10.2 Å². The number of anilines is 1. The summed E-state index contributed by atoms with van der Waals surface area (Å²) in [7, 11) is 3.78. The van der Waals surface area contributed by atoms with Gasteiger partial charge in [0.15, 0.2) is 5.13 Å². The van der Waals surface area contributed by atoms with Crippen LogP contribution in [0.5, 0.6) is 0 Å². The highest BCUT2D eigenvalue weighted by Crippen LogP contribution is 2.18. The van der Waals surface area contributed by atoms with Crippen LogP contribution in [0.1, 0.15) is 16.1 Å². The van der Waals surface area contributed by atoms with Crippen molar-refractivity contribution in [1.29, 1.82) is 0 Å². The highest BCUT2D eigenvalue weighted by molar-refractivity contribution is 7.13. The maximum absolute atomic E-state index is 13.5. The van der Waals surface area contributed by atoms with E-state index in [1.165, 1.54) is 29.5 Å². The number of nitrogens with zero attached hydrogens (tertiary/aromatic N) is 2. The summed E-state index contributed by atoms with van der Waals surface area (Å²) in [6, 6.07) is 3.88. The molecule has 7 heteroatoms. The maximum atomic E-state index is 13.5. The largest absolute Gasteiger partial charge is 0.354 e. The molecule has 0 atom stereocenters. The van der Waals surface area contributed by atoms with E-state index in [0.717, 1.165) is 10.8 Å². The highest BCUT2D eigenvalue weighted by atomic mass is 35.5. The van der Waals surface area contributed by atoms with Gasteiger partial charge in [0.1, 0.15) is 5.82 Å². The number of thiazole rings is 1. The molecular weight excluding hydrogens is 301 g/mol. The molecule has 0 fully saturated rings. The van der Waals surface area contributed by atoms with Crippen LogP contribution in [0.3, 0.4) is 0 Å². The standard InChI is InChI=1S/C13H13ClFN3OS/c1-18(2)13-17-9(7-20-13)6-16-12(19)10-5-8(14)3-4-11(10)15/h3-5,7H,6H2,1-2H3,(H,16,19). The lowest BCUT2D eigenvalue weighted by atomic mass is 10.2. The summed E-state index contributed by atoms with van der Waals surface area (Å²) in [5.74, 6) is -1.11. The minimum atomic E-state index is -0.598. The first-order valence-corrected chi connectivity index (χ1v) is 7.08. The Morgan fingerprint density at radius 3 is 2.90 bits per heavy atom. The van der Waals surface area contributed by atoms with Crippen LogP contribution in [0.15, 0.2) is 23.6 Å². The van der Waals surface area contributed by atoms with Gasteiger partial charge in [0, 0.05) is 24.5 Å². The summed E-state index contributed by atoms with van der Waals surface area (Å²) < 4.78 is 13.5. The third kappa shape index (κ3) is 3.46. The van der Waals surface area contributed by atoms with Crippen LogP contribution in [-0.2, 0) is 6.54 Å². The Labute approximate surface area is 125 Å². The fourth-order valence-corrected chi connectivity index (χ4v) is 2.45. The molecule has 0 unspecified atom stereocenters. The monoisotopic (exact) mass is 313 g/mol. The first-order chi connectivity index (χ1) is 9.47. The van der Waals surface area contributed by atoms with Crippen molar-refractivity contribution in [2.45, 2.75) is 6.54 Å². The van der Waals surface area contributed by atoms with E-state index in [9.17, 15) is 9.18 Å². The lowest BCUT2D eigenvalue weighted by Crippen LogP contribution is -2.24. The molecule has 4 nitrogen and oxygen atoms in total. The average molecular weight is 314 g/mol. The van der Waals surface area contributed by atoms with Crippen LogP contribution in [-0.4, -0.2) is 25.0 Å². The second-order valence-corrected chi connectivity index (χ2v) is 5.60. The van der Waals surface area contributed by atoms with E-state index in [4.69, 9.17) is 11.6 Å². The smallest absolute Gasteiger partial charge is 0.254 e. The van der Waals surface area contributed by atoms with Crippen molar-refractivity contribution in [2.24, 2.45) is 0 Å². The van der Waals surface area contributed by atoms with Gasteiger partial charge >= 0.3 is 0 Å². The number of aromatic nitrogens is 1. The average Bonchev–Trinajstić information content (AvgIpc) is 2.88. The van der Waals surface area contributed by atoms with Crippen molar-refractivity contribution in [1.82, 2.24) is 10.3 Å². The Hall–Kier alpha value is -1.66. The normalized spacial score (nSPS) is 10.4. The first-order valence-electron chi connectivity index (χ1n) is 5.82. The van der Waals surface area contributed by atoms with Gasteiger partial charge in [0.05, 0.1) is 17.8 Å². The third-order valence-corrected chi connectivity index (χ3v) is 3.82. The van der Waals surface area contributed by atoms with Gasteiger partial charge in [-0.25, -0.2) is 9.37 Å². The lowest BCUT2D eigenvalue weighted by Gasteiger charge is -2.06. The van der Waals surface area contributed by atoms with E-state index in [0.29, 0.717) is 5.02 Å². The van der Waals surface area contributed by atoms with Gasteiger partial charge in [-0.05, 0) is 18.2 Å². The highest BCUT2D eigenvalue weighted by Gasteiger charge is 2.12. The quantitative estimate of drug-likeness (QED) is 0.944. The van der Waals surface area contributed by atoms with Gasteiger partial charge in [-0.15, -0.1) is 11.3 Å². The van der Waals surface area contributed by atoms with Crippen LogP contribution in [0.25, 0.3) is 0 Å². The molecular formula is C13H13ClFN3OS. The van der Waals surface area contributed by atoms with Crippen molar-refractivity contribution < 1.29 is 9.18 Å². The topological polar surface area (TPSA) is 45.2 Å². The maximum Gasteiger partial charge on any atom is 0.254 e. The zero-order valence-electron chi connectivity index (χ0n) is 11.0. The molecule has 0 aliphatic heterocycles. The fraction of sp³-hybridized carbons (Fsp3) is 0.231. The Kier molecular flexibility index (Phi) is 4.57. The minimum Gasteiger partial charge on any atom is -0.354 e.